The van der Waals surface area contributed by atoms with Crippen molar-refractivity contribution in [1.29, 1.82) is 0 Å². The van der Waals surface area contributed by atoms with E-state index < -0.39 is 0 Å². The standard InChI is InChI=1S/C16H23N3O2S.ClH/c17-11-5-7-12(8-6-11)18-15(20)13-3-1-9-19(13)16(21)14-4-2-10-22-14;/h2,4,10-13H,1,3,5-9,17H2,(H,18,20);1H. The van der Waals surface area contributed by atoms with Gasteiger partial charge < -0.3 is 16.0 Å². The van der Waals surface area contributed by atoms with Crippen LogP contribution in [-0.2, 0) is 4.79 Å². The van der Waals surface area contributed by atoms with Gasteiger partial charge in [-0.3, -0.25) is 9.59 Å². The first kappa shape index (κ1) is 18.2. The van der Waals surface area contributed by atoms with Gasteiger partial charge in [0.1, 0.15) is 6.04 Å². The van der Waals surface area contributed by atoms with Gasteiger partial charge >= 0.3 is 0 Å². The molecule has 1 aliphatic carbocycles. The van der Waals surface area contributed by atoms with E-state index in [1.54, 1.807) is 4.90 Å². The van der Waals surface area contributed by atoms with E-state index in [1.165, 1.54) is 11.3 Å². The Morgan fingerprint density at radius 2 is 1.96 bits per heavy atom. The van der Waals surface area contributed by atoms with Gasteiger partial charge in [-0.05, 0) is 50.0 Å². The van der Waals surface area contributed by atoms with Crippen LogP contribution in [0, 0.1) is 0 Å². The molecule has 23 heavy (non-hydrogen) atoms. The SMILES string of the molecule is Cl.NC1CCC(NC(=O)C2CCCN2C(=O)c2cccs2)CC1. The summed E-state index contributed by atoms with van der Waals surface area (Å²) in [5, 5.41) is 5.02. The number of carbonyl (C=O) groups is 2. The number of carbonyl (C=O) groups excluding carboxylic acids is 2. The summed E-state index contributed by atoms with van der Waals surface area (Å²) in [6.07, 6.45) is 5.47. The fraction of sp³-hybridized carbons (Fsp3) is 0.625. The van der Waals surface area contributed by atoms with Gasteiger partial charge in [-0.2, -0.15) is 0 Å². The van der Waals surface area contributed by atoms with Crippen molar-refractivity contribution >= 4 is 35.6 Å². The predicted molar refractivity (Wildman–Crippen MR) is 94.0 cm³/mol. The van der Waals surface area contributed by atoms with Crippen LogP contribution in [0.15, 0.2) is 17.5 Å². The number of nitrogens with zero attached hydrogens (tertiary/aromatic N) is 1. The van der Waals surface area contributed by atoms with Gasteiger partial charge in [0.25, 0.3) is 5.91 Å². The van der Waals surface area contributed by atoms with Crippen LogP contribution in [-0.4, -0.2) is 41.4 Å². The molecule has 3 N–H and O–H groups in total. The van der Waals surface area contributed by atoms with Gasteiger partial charge in [0.15, 0.2) is 0 Å². The highest BCUT2D eigenvalue weighted by Crippen LogP contribution is 2.23. The Hall–Kier alpha value is -1.11. The van der Waals surface area contributed by atoms with Crippen molar-refractivity contribution in [3.63, 3.8) is 0 Å². The van der Waals surface area contributed by atoms with Crippen LogP contribution in [0.1, 0.15) is 48.2 Å². The maximum absolute atomic E-state index is 12.5. The quantitative estimate of drug-likeness (QED) is 0.870. The van der Waals surface area contributed by atoms with Crippen LogP contribution >= 0.6 is 23.7 Å². The summed E-state index contributed by atoms with van der Waals surface area (Å²) in [4.78, 5) is 27.5. The zero-order chi connectivity index (χ0) is 15.5. The molecule has 2 amide bonds. The number of halogens is 1. The number of nitrogens with one attached hydrogen (secondary N) is 1. The molecular formula is C16H24ClN3O2S. The molecule has 7 heteroatoms. The lowest BCUT2D eigenvalue weighted by atomic mass is 9.91. The first-order valence-corrected chi connectivity index (χ1v) is 8.93. The average Bonchev–Trinajstić information content (AvgIpc) is 3.20. The van der Waals surface area contributed by atoms with E-state index in [9.17, 15) is 9.59 Å². The summed E-state index contributed by atoms with van der Waals surface area (Å²) in [7, 11) is 0. The molecule has 2 fully saturated rings. The molecule has 1 aromatic heterocycles. The van der Waals surface area contributed by atoms with E-state index in [0.717, 1.165) is 38.5 Å². The Morgan fingerprint density at radius 3 is 2.61 bits per heavy atom. The average molecular weight is 358 g/mol. The summed E-state index contributed by atoms with van der Waals surface area (Å²) in [6.45, 7) is 0.671. The molecule has 0 bridgehead atoms. The van der Waals surface area contributed by atoms with Gasteiger partial charge in [0, 0.05) is 18.6 Å². The molecule has 128 valence electrons. The molecule has 0 aromatic carbocycles. The second kappa shape index (κ2) is 8.13. The third-order valence-electron chi connectivity index (χ3n) is 4.67. The molecule has 1 atom stereocenters. The highest BCUT2D eigenvalue weighted by molar-refractivity contribution is 7.12. The summed E-state index contributed by atoms with van der Waals surface area (Å²) >= 11 is 1.43. The fourth-order valence-corrected chi connectivity index (χ4v) is 4.06. The number of amides is 2. The maximum atomic E-state index is 12.5. The van der Waals surface area contributed by atoms with E-state index in [1.807, 2.05) is 17.5 Å². The summed E-state index contributed by atoms with van der Waals surface area (Å²) in [6, 6.07) is 3.87. The molecule has 2 heterocycles. The van der Waals surface area contributed by atoms with Gasteiger partial charge in [0.05, 0.1) is 4.88 Å². The first-order chi connectivity index (χ1) is 10.6. The molecule has 1 aromatic rings. The predicted octanol–water partition coefficient (Wildman–Crippen LogP) is 2.16. The highest BCUT2D eigenvalue weighted by atomic mass is 35.5. The monoisotopic (exact) mass is 357 g/mol. The lowest BCUT2D eigenvalue weighted by Gasteiger charge is -2.30. The minimum Gasteiger partial charge on any atom is -0.352 e. The van der Waals surface area contributed by atoms with E-state index in [0.29, 0.717) is 11.4 Å². The number of thiophene rings is 1. The first-order valence-electron chi connectivity index (χ1n) is 8.05. The molecular weight excluding hydrogens is 334 g/mol. The third kappa shape index (κ3) is 4.25. The number of hydrogen-bond donors (Lipinski definition) is 2. The number of hydrogen-bond acceptors (Lipinski definition) is 4. The van der Waals surface area contributed by atoms with Crippen molar-refractivity contribution < 1.29 is 9.59 Å². The Labute approximate surface area is 147 Å². The molecule has 5 nitrogen and oxygen atoms in total. The van der Waals surface area contributed by atoms with Crippen LogP contribution in [0.3, 0.4) is 0 Å². The van der Waals surface area contributed by atoms with Gasteiger partial charge in [-0.1, -0.05) is 6.07 Å². The van der Waals surface area contributed by atoms with Crippen molar-refractivity contribution in [2.75, 3.05) is 6.54 Å². The zero-order valence-electron chi connectivity index (χ0n) is 13.1. The topological polar surface area (TPSA) is 75.4 Å². The minimum absolute atomic E-state index is 0. The summed E-state index contributed by atoms with van der Waals surface area (Å²) < 4.78 is 0. The Balaban J connectivity index is 0.00000192. The van der Waals surface area contributed by atoms with Gasteiger partial charge in [0.2, 0.25) is 5.91 Å². The number of likely N-dealkylation sites (tertiary alicyclic amines) is 1. The molecule has 1 saturated carbocycles. The zero-order valence-corrected chi connectivity index (χ0v) is 14.7. The van der Waals surface area contributed by atoms with Crippen molar-refractivity contribution in [3.05, 3.63) is 22.4 Å². The number of rotatable bonds is 3. The van der Waals surface area contributed by atoms with E-state index in [2.05, 4.69) is 5.32 Å². The second-order valence-electron chi connectivity index (χ2n) is 6.25. The van der Waals surface area contributed by atoms with Crippen LogP contribution in [0.5, 0.6) is 0 Å². The Morgan fingerprint density at radius 1 is 1.22 bits per heavy atom. The van der Waals surface area contributed by atoms with Crippen molar-refractivity contribution in [1.82, 2.24) is 10.2 Å². The maximum Gasteiger partial charge on any atom is 0.264 e. The van der Waals surface area contributed by atoms with Crippen molar-refractivity contribution in [2.45, 2.75) is 56.7 Å². The number of nitrogens with two attached hydrogens (primary N) is 1. The van der Waals surface area contributed by atoms with Crippen molar-refractivity contribution in [3.8, 4) is 0 Å². The van der Waals surface area contributed by atoms with Crippen molar-refractivity contribution in [2.24, 2.45) is 5.73 Å². The van der Waals surface area contributed by atoms with Crippen LogP contribution in [0.25, 0.3) is 0 Å². The van der Waals surface area contributed by atoms with E-state index >= 15 is 0 Å². The normalized spacial score (nSPS) is 27.3. The summed E-state index contributed by atoms with van der Waals surface area (Å²) in [5.74, 6) is -0.0128. The van der Waals surface area contributed by atoms with E-state index in [4.69, 9.17) is 5.73 Å². The Bertz CT molecular complexity index is 529. The van der Waals surface area contributed by atoms with Gasteiger partial charge in [-0.15, -0.1) is 23.7 Å². The summed E-state index contributed by atoms with van der Waals surface area (Å²) in [5.41, 5.74) is 5.90. The fourth-order valence-electron chi connectivity index (χ4n) is 3.39. The molecule has 0 spiro atoms. The third-order valence-corrected chi connectivity index (χ3v) is 5.52. The molecule has 0 radical (unpaired) electrons. The second-order valence-corrected chi connectivity index (χ2v) is 7.20. The van der Waals surface area contributed by atoms with E-state index in [-0.39, 0.29) is 42.3 Å². The largest absolute Gasteiger partial charge is 0.352 e. The highest BCUT2D eigenvalue weighted by Gasteiger charge is 2.35. The molecule has 1 unspecified atom stereocenters. The smallest absolute Gasteiger partial charge is 0.264 e. The lowest BCUT2D eigenvalue weighted by Crippen LogP contribution is -2.50. The molecule has 1 saturated heterocycles. The van der Waals surface area contributed by atoms with Crippen LogP contribution < -0.4 is 11.1 Å². The van der Waals surface area contributed by atoms with Gasteiger partial charge in [-0.25, -0.2) is 0 Å². The molecule has 2 aliphatic rings. The molecule has 1 aliphatic heterocycles. The molecule has 3 rings (SSSR count). The minimum atomic E-state index is -0.315. The lowest BCUT2D eigenvalue weighted by molar-refractivity contribution is -0.125. The van der Waals surface area contributed by atoms with Crippen LogP contribution in [0.4, 0.5) is 0 Å². The van der Waals surface area contributed by atoms with Crippen LogP contribution in [0.2, 0.25) is 0 Å². The Kier molecular flexibility index (Phi) is 6.44.